The quantitative estimate of drug-likeness (QED) is 0.846. The lowest BCUT2D eigenvalue weighted by Gasteiger charge is -2.19. The predicted molar refractivity (Wildman–Crippen MR) is 61.7 cm³/mol. The van der Waals surface area contributed by atoms with E-state index in [1.54, 1.807) is 20.0 Å². The molecule has 1 aromatic rings. The number of amides is 1. The molecule has 1 rings (SSSR count). The van der Waals surface area contributed by atoms with Crippen LogP contribution in [0.4, 0.5) is 4.39 Å². The van der Waals surface area contributed by atoms with Crippen molar-refractivity contribution in [2.45, 2.75) is 19.9 Å². The van der Waals surface area contributed by atoms with Crippen LogP contribution in [0.1, 0.15) is 22.8 Å². The second-order valence-corrected chi connectivity index (χ2v) is 4.18. The number of hydrogen-bond acceptors (Lipinski definition) is 2. The van der Waals surface area contributed by atoms with Gasteiger partial charge in [0.1, 0.15) is 5.82 Å². The maximum absolute atomic E-state index is 13.1. The summed E-state index contributed by atoms with van der Waals surface area (Å²) in [5.41, 5.74) is 6.70. The van der Waals surface area contributed by atoms with Crippen molar-refractivity contribution in [2.75, 3.05) is 13.6 Å². The molecule has 0 spiro atoms. The number of nitrogens with two attached hydrogens (primary N) is 1. The van der Waals surface area contributed by atoms with Crippen molar-refractivity contribution in [2.24, 2.45) is 5.73 Å². The number of aryl methyl sites for hydroxylation is 1. The van der Waals surface area contributed by atoms with Gasteiger partial charge < -0.3 is 10.6 Å². The van der Waals surface area contributed by atoms with Gasteiger partial charge in [0, 0.05) is 25.2 Å². The first-order valence-electron chi connectivity index (χ1n) is 5.18. The van der Waals surface area contributed by atoms with Gasteiger partial charge in [0.2, 0.25) is 0 Å². The van der Waals surface area contributed by atoms with E-state index >= 15 is 0 Å². The van der Waals surface area contributed by atoms with Crippen molar-refractivity contribution in [1.82, 2.24) is 4.90 Å². The minimum atomic E-state index is -0.391. The van der Waals surface area contributed by atoms with E-state index < -0.39 is 5.82 Å². The topological polar surface area (TPSA) is 46.3 Å². The molecule has 0 heterocycles. The third-order valence-electron chi connectivity index (χ3n) is 2.20. The van der Waals surface area contributed by atoms with Crippen molar-refractivity contribution in [3.05, 3.63) is 35.1 Å². The van der Waals surface area contributed by atoms with Crippen LogP contribution in [0.25, 0.3) is 0 Å². The number of benzene rings is 1. The number of carbonyl (C=O) groups is 1. The van der Waals surface area contributed by atoms with E-state index in [0.29, 0.717) is 12.1 Å². The molecule has 0 saturated heterocycles. The van der Waals surface area contributed by atoms with E-state index in [4.69, 9.17) is 5.73 Å². The van der Waals surface area contributed by atoms with E-state index in [0.717, 1.165) is 5.56 Å². The van der Waals surface area contributed by atoms with Gasteiger partial charge in [-0.2, -0.15) is 0 Å². The molecular weight excluding hydrogens is 207 g/mol. The van der Waals surface area contributed by atoms with Crippen LogP contribution < -0.4 is 5.73 Å². The second kappa shape index (κ2) is 5.07. The molecule has 0 radical (unpaired) electrons. The third kappa shape index (κ3) is 3.31. The SMILES string of the molecule is Cc1cc(F)cc(C(=O)N(C)CC(C)N)c1. The summed E-state index contributed by atoms with van der Waals surface area (Å²) in [6, 6.07) is 4.21. The number of halogens is 1. The molecule has 2 N–H and O–H groups in total. The number of carbonyl (C=O) groups excluding carboxylic acids is 1. The Kier molecular flexibility index (Phi) is 4.01. The fraction of sp³-hybridized carbons (Fsp3) is 0.417. The fourth-order valence-electron chi connectivity index (χ4n) is 1.60. The summed E-state index contributed by atoms with van der Waals surface area (Å²) in [7, 11) is 1.66. The summed E-state index contributed by atoms with van der Waals surface area (Å²) in [6.07, 6.45) is 0. The summed E-state index contributed by atoms with van der Waals surface area (Å²) >= 11 is 0. The fourth-order valence-corrected chi connectivity index (χ4v) is 1.60. The van der Waals surface area contributed by atoms with E-state index in [1.165, 1.54) is 17.0 Å². The number of rotatable bonds is 3. The smallest absolute Gasteiger partial charge is 0.253 e. The molecule has 1 amide bonds. The summed E-state index contributed by atoms with van der Waals surface area (Å²) < 4.78 is 13.1. The van der Waals surface area contributed by atoms with Gasteiger partial charge in [-0.05, 0) is 37.6 Å². The van der Waals surface area contributed by atoms with Crippen molar-refractivity contribution in [3.8, 4) is 0 Å². The third-order valence-corrected chi connectivity index (χ3v) is 2.20. The molecule has 4 heteroatoms. The molecule has 1 unspecified atom stereocenters. The molecular formula is C12H17FN2O. The normalized spacial score (nSPS) is 12.3. The lowest BCUT2D eigenvalue weighted by Crippen LogP contribution is -2.37. The first-order chi connectivity index (χ1) is 7.40. The van der Waals surface area contributed by atoms with Crippen molar-refractivity contribution >= 4 is 5.91 Å². The molecule has 3 nitrogen and oxygen atoms in total. The Bertz CT molecular complexity index is 370. The Balaban J connectivity index is 2.87. The highest BCUT2D eigenvalue weighted by molar-refractivity contribution is 5.94. The molecule has 0 fully saturated rings. The van der Waals surface area contributed by atoms with Crippen LogP contribution >= 0.6 is 0 Å². The molecule has 0 aliphatic carbocycles. The van der Waals surface area contributed by atoms with Gasteiger partial charge in [-0.15, -0.1) is 0 Å². The Morgan fingerprint density at radius 1 is 1.50 bits per heavy atom. The molecule has 1 aromatic carbocycles. The maximum Gasteiger partial charge on any atom is 0.253 e. The van der Waals surface area contributed by atoms with Crippen LogP contribution in [-0.4, -0.2) is 30.4 Å². The van der Waals surface area contributed by atoms with Crippen molar-refractivity contribution in [3.63, 3.8) is 0 Å². The van der Waals surface area contributed by atoms with Gasteiger partial charge in [0.15, 0.2) is 0 Å². The summed E-state index contributed by atoms with van der Waals surface area (Å²) in [4.78, 5) is 13.4. The minimum Gasteiger partial charge on any atom is -0.340 e. The van der Waals surface area contributed by atoms with Crippen LogP contribution in [0, 0.1) is 12.7 Å². The molecule has 0 aliphatic heterocycles. The van der Waals surface area contributed by atoms with Gasteiger partial charge in [0.25, 0.3) is 5.91 Å². The Hall–Kier alpha value is -1.42. The standard InChI is InChI=1S/C12H17FN2O/c1-8-4-10(6-11(13)5-8)12(16)15(3)7-9(2)14/h4-6,9H,7,14H2,1-3H3. The van der Waals surface area contributed by atoms with Gasteiger partial charge in [-0.1, -0.05) is 0 Å². The number of hydrogen-bond donors (Lipinski definition) is 1. The summed E-state index contributed by atoms with van der Waals surface area (Å²) in [5, 5.41) is 0. The number of nitrogens with zero attached hydrogens (tertiary/aromatic N) is 1. The first kappa shape index (κ1) is 12.6. The van der Waals surface area contributed by atoms with Crippen LogP contribution in [0.2, 0.25) is 0 Å². The predicted octanol–water partition coefficient (Wildman–Crippen LogP) is 1.55. The lowest BCUT2D eigenvalue weighted by molar-refractivity contribution is 0.0788. The molecule has 0 aliphatic rings. The summed E-state index contributed by atoms with van der Waals surface area (Å²) in [5.74, 6) is -0.600. The highest BCUT2D eigenvalue weighted by Crippen LogP contribution is 2.10. The van der Waals surface area contributed by atoms with Crippen LogP contribution in [0.5, 0.6) is 0 Å². The van der Waals surface area contributed by atoms with Gasteiger partial charge in [-0.25, -0.2) is 4.39 Å². The molecule has 1 atom stereocenters. The first-order valence-corrected chi connectivity index (χ1v) is 5.18. The zero-order valence-corrected chi connectivity index (χ0v) is 9.83. The van der Waals surface area contributed by atoms with E-state index in [9.17, 15) is 9.18 Å². The van der Waals surface area contributed by atoms with Gasteiger partial charge in [0.05, 0.1) is 0 Å². The maximum atomic E-state index is 13.1. The minimum absolute atomic E-state index is 0.0939. The molecule has 0 aromatic heterocycles. The highest BCUT2D eigenvalue weighted by atomic mass is 19.1. The Morgan fingerprint density at radius 2 is 2.12 bits per heavy atom. The highest BCUT2D eigenvalue weighted by Gasteiger charge is 2.13. The van der Waals surface area contributed by atoms with E-state index in [1.807, 2.05) is 6.92 Å². The van der Waals surface area contributed by atoms with Crippen molar-refractivity contribution in [1.29, 1.82) is 0 Å². The zero-order valence-electron chi connectivity index (χ0n) is 9.83. The largest absolute Gasteiger partial charge is 0.340 e. The molecule has 16 heavy (non-hydrogen) atoms. The van der Waals surface area contributed by atoms with Crippen LogP contribution in [0.15, 0.2) is 18.2 Å². The van der Waals surface area contributed by atoms with Gasteiger partial charge >= 0.3 is 0 Å². The number of likely N-dealkylation sites (N-methyl/N-ethyl adjacent to an activating group) is 1. The zero-order chi connectivity index (χ0) is 12.3. The second-order valence-electron chi connectivity index (χ2n) is 4.18. The average molecular weight is 224 g/mol. The Morgan fingerprint density at radius 3 is 2.62 bits per heavy atom. The lowest BCUT2D eigenvalue weighted by atomic mass is 10.1. The van der Waals surface area contributed by atoms with Crippen LogP contribution in [0.3, 0.4) is 0 Å². The summed E-state index contributed by atoms with van der Waals surface area (Å²) in [6.45, 7) is 4.03. The molecule has 88 valence electrons. The molecule has 0 saturated carbocycles. The van der Waals surface area contributed by atoms with E-state index in [-0.39, 0.29) is 11.9 Å². The average Bonchev–Trinajstić information content (AvgIpc) is 2.13. The van der Waals surface area contributed by atoms with Crippen LogP contribution in [-0.2, 0) is 0 Å². The van der Waals surface area contributed by atoms with Crippen molar-refractivity contribution < 1.29 is 9.18 Å². The van der Waals surface area contributed by atoms with E-state index in [2.05, 4.69) is 0 Å². The monoisotopic (exact) mass is 224 g/mol. The van der Waals surface area contributed by atoms with Gasteiger partial charge in [-0.3, -0.25) is 4.79 Å². The molecule has 0 bridgehead atoms. The Labute approximate surface area is 95.0 Å².